The average Bonchev–Trinajstić information content (AvgIpc) is 2.95. The first-order valence-electron chi connectivity index (χ1n) is 5.82. The Labute approximate surface area is 141 Å². The molecule has 0 bridgehead atoms. The molecule has 0 fully saturated rings. The van der Waals surface area contributed by atoms with Crippen LogP contribution in [0.4, 0.5) is 0 Å². The second-order valence-corrected chi connectivity index (χ2v) is 9.65. The van der Waals surface area contributed by atoms with E-state index in [2.05, 4.69) is 11.6 Å². The van der Waals surface area contributed by atoms with E-state index in [0.29, 0.717) is 10.0 Å². The van der Waals surface area contributed by atoms with Gasteiger partial charge < -0.3 is 0 Å². The fraction of sp³-hybridized carbons (Fsp3) is 0.250. The third-order valence-electron chi connectivity index (χ3n) is 2.60. The molecule has 2 heterocycles. The zero-order chi connectivity index (χ0) is 15.6. The molecule has 4 nitrogen and oxygen atoms in total. The van der Waals surface area contributed by atoms with Crippen LogP contribution in [-0.4, -0.2) is 24.3 Å². The van der Waals surface area contributed by atoms with Gasteiger partial charge in [-0.1, -0.05) is 40.6 Å². The number of nitrogens with zero attached hydrogens (tertiary/aromatic N) is 2. The van der Waals surface area contributed by atoms with Gasteiger partial charge in [0.1, 0.15) is 0 Å². The lowest BCUT2D eigenvalue weighted by molar-refractivity contribution is 0.442. The minimum Gasteiger partial charge on any atom is -0.229 e. The molecule has 9 heteroatoms. The normalized spacial score (nSPS) is 12.0. The number of aryl methyl sites for hydroxylation is 1. The van der Waals surface area contributed by atoms with Crippen molar-refractivity contribution in [2.24, 2.45) is 0 Å². The van der Waals surface area contributed by atoms with Crippen LogP contribution in [0.3, 0.4) is 0 Å². The number of hydrogen-bond donors (Lipinski definition) is 0. The van der Waals surface area contributed by atoms with Gasteiger partial charge in [0.25, 0.3) is 10.0 Å². The number of thiazole rings is 1. The van der Waals surface area contributed by atoms with Gasteiger partial charge in [-0.15, -0.1) is 17.9 Å². The standard InChI is InChI=1S/C12H12Cl2N2O2S3/c1-3-6-16(7-9-4-5-10(13)19-9)21(17,18)11-8(2)15-12(14)20-11/h3-5H,1,6-7H2,2H3. The molecule has 21 heavy (non-hydrogen) atoms. The van der Waals surface area contributed by atoms with Crippen molar-refractivity contribution in [3.05, 3.63) is 44.2 Å². The fourth-order valence-electron chi connectivity index (χ4n) is 1.71. The van der Waals surface area contributed by atoms with Crippen LogP contribution in [0, 0.1) is 6.92 Å². The third kappa shape index (κ3) is 3.85. The molecule has 0 N–H and O–H groups in total. The smallest absolute Gasteiger partial charge is 0.229 e. The van der Waals surface area contributed by atoms with Crippen molar-refractivity contribution < 1.29 is 8.42 Å². The van der Waals surface area contributed by atoms with Crippen molar-refractivity contribution in [1.82, 2.24) is 9.29 Å². The van der Waals surface area contributed by atoms with Gasteiger partial charge in [0, 0.05) is 18.0 Å². The number of hydrogen-bond acceptors (Lipinski definition) is 5. The minimum atomic E-state index is -3.66. The van der Waals surface area contributed by atoms with Crippen LogP contribution in [0.25, 0.3) is 0 Å². The summed E-state index contributed by atoms with van der Waals surface area (Å²) in [6.45, 7) is 5.68. The van der Waals surface area contributed by atoms with E-state index in [1.54, 1.807) is 19.1 Å². The van der Waals surface area contributed by atoms with Gasteiger partial charge in [-0.05, 0) is 19.1 Å². The number of rotatable bonds is 6. The molecular formula is C12H12Cl2N2O2S3. The van der Waals surface area contributed by atoms with Crippen LogP contribution >= 0.6 is 45.9 Å². The van der Waals surface area contributed by atoms with Crippen LogP contribution in [0.5, 0.6) is 0 Å². The molecule has 2 aromatic heterocycles. The molecule has 2 rings (SSSR count). The number of thiophene rings is 1. The van der Waals surface area contributed by atoms with Gasteiger partial charge in [0.15, 0.2) is 8.68 Å². The largest absolute Gasteiger partial charge is 0.255 e. The lowest BCUT2D eigenvalue weighted by Crippen LogP contribution is -2.30. The lowest BCUT2D eigenvalue weighted by atomic mass is 10.4. The van der Waals surface area contributed by atoms with Gasteiger partial charge in [0.05, 0.1) is 10.0 Å². The zero-order valence-corrected chi connectivity index (χ0v) is 15.0. The Morgan fingerprint density at radius 3 is 2.57 bits per heavy atom. The fourth-order valence-corrected chi connectivity index (χ4v) is 6.16. The summed E-state index contributed by atoms with van der Waals surface area (Å²) in [4.78, 5) is 4.82. The zero-order valence-electron chi connectivity index (χ0n) is 11.0. The maximum absolute atomic E-state index is 12.7. The quantitative estimate of drug-likeness (QED) is 0.703. The van der Waals surface area contributed by atoms with E-state index < -0.39 is 10.0 Å². The second-order valence-electron chi connectivity index (χ2n) is 4.13. The van der Waals surface area contributed by atoms with Crippen LogP contribution in [0.1, 0.15) is 10.6 Å². The van der Waals surface area contributed by atoms with E-state index in [0.717, 1.165) is 16.2 Å². The lowest BCUT2D eigenvalue weighted by Gasteiger charge is -2.19. The average molecular weight is 383 g/mol. The first-order chi connectivity index (χ1) is 9.84. The third-order valence-corrected chi connectivity index (χ3v) is 7.47. The molecule has 2 aromatic rings. The summed E-state index contributed by atoms with van der Waals surface area (Å²) in [6, 6.07) is 3.56. The van der Waals surface area contributed by atoms with Gasteiger partial charge in [-0.2, -0.15) is 4.31 Å². The molecule has 0 saturated heterocycles. The Morgan fingerprint density at radius 2 is 2.10 bits per heavy atom. The Bertz CT molecular complexity index is 752. The van der Waals surface area contributed by atoms with Crippen molar-refractivity contribution in [2.75, 3.05) is 6.54 Å². The summed E-state index contributed by atoms with van der Waals surface area (Å²) < 4.78 is 27.8. The van der Waals surface area contributed by atoms with Crippen molar-refractivity contribution in [3.8, 4) is 0 Å². The predicted molar refractivity (Wildman–Crippen MR) is 89.0 cm³/mol. The second kappa shape index (κ2) is 6.76. The Balaban J connectivity index is 2.36. The molecule has 0 aliphatic carbocycles. The monoisotopic (exact) mass is 382 g/mol. The minimum absolute atomic E-state index is 0.164. The van der Waals surface area contributed by atoms with E-state index in [9.17, 15) is 8.42 Å². The van der Waals surface area contributed by atoms with Crippen LogP contribution < -0.4 is 0 Å². The maximum atomic E-state index is 12.7. The maximum Gasteiger partial charge on any atom is 0.255 e. The Hall–Kier alpha value is -0.440. The van der Waals surface area contributed by atoms with Crippen LogP contribution in [-0.2, 0) is 16.6 Å². The molecule has 0 unspecified atom stereocenters. The molecule has 0 amide bonds. The van der Waals surface area contributed by atoms with Gasteiger partial charge >= 0.3 is 0 Å². The summed E-state index contributed by atoms with van der Waals surface area (Å²) in [7, 11) is -3.66. The molecule has 0 aliphatic heterocycles. The number of halogens is 2. The molecule has 0 saturated carbocycles. The van der Waals surface area contributed by atoms with Gasteiger partial charge in [0.2, 0.25) is 0 Å². The molecule has 0 radical (unpaired) electrons. The van der Waals surface area contributed by atoms with Crippen molar-refractivity contribution >= 4 is 55.9 Å². The van der Waals surface area contributed by atoms with Crippen LogP contribution in [0.2, 0.25) is 8.80 Å². The first kappa shape index (κ1) is 16.9. The van der Waals surface area contributed by atoms with Crippen molar-refractivity contribution in [2.45, 2.75) is 17.7 Å². The highest BCUT2D eigenvalue weighted by Crippen LogP contribution is 2.31. The van der Waals surface area contributed by atoms with E-state index in [4.69, 9.17) is 23.2 Å². The van der Waals surface area contributed by atoms with E-state index in [1.807, 2.05) is 6.07 Å². The highest BCUT2D eigenvalue weighted by molar-refractivity contribution is 7.91. The van der Waals surface area contributed by atoms with Crippen molar-refractivity contribution in [1.29, 1.82) is 0 Å². The highest BCUT2D eigenvalue weighted by Gasteiger charge is 2.28. The highest BCUT2D eigenvalue weighted by atomic mass is 35.5. The summed E-state index contributed by atoms with van der Waals surface area (Å²) >= 11 is 14.0. The molecule has 0 atom stereocenters. The summed E-state index contributed by atoms with van der Waals surface area (Å²) in [5.41, 5.74) is 0.406. The Kier molecular flexibility index (Phi) is 5.45. The molecule has 0 spiro atoms. The molecule has 114 valence electrons. The molecular weight excluding hydrogens is 371 g/mol. The van der Waals surface area contributed by atoms with E-state index in [-0.39, 0.29) is 21.8 Å². The van der Waals surface area contributed by atoms with Gasteiger partial charge in [-0.3, -0.25) is 0 Å². The first-order valence-corrected chi connectivity index (χ1v) is 9.65. The van der Waals surface area contributed by atoms with E-state index in [1.165, 1.54) is 15.6 Å². The number of sulfonamides is 1. The number of aromatic nitrogens is 1. The molecule has 0 aliphatic rings. The summed E-state index contributed by atoms with van der Waals surface area (Å²) in [5, 5.41) is 0. The summed E-state index contributed by atoms with van der Waals surface area (Å²) in [5.74, 6) is 0. The van der Waals surface area contributed by atoms with Crippen LogP contribution in [0.15, 0.2) is 29.0 Å². The summed E-state index contributed by atoms with van der Waals surface area (Å²) in [6.07, 6.45) is 1.55. The SMILES string of the molecule is C=CCN(Cc1ccc(Cl)s1)S(=O)(=O)c1sc(Cl)nc1C. The van der Waals surface area contributed by atoms with Gasteiger partial charge in [-0.25, -0.2) is 13.4 Å². The Morgan fingerprint density at radius 1 is 1.38 bits per heavy atom. The van der Waals surface area contributed by atoms with Crippen molar-refractivity contribution in [3.63, 3.8) is 0 Å². The molecule has 0 aromatic carbocycles. The predicted octanol–water partition coefficient (Wildman–Crippen LogP) is 4.20. The topological polar surface area (TPSA) is 50.3 Å². The van der Waals surface area contributed by atoms with E-state index >= 15 is 0 Å².